The average Bonchev–Trinajstić information content (AvgIpc) is 2.59. The molecule has 5 heteroatoms. The van der Waals surface area contributed by atoms with Crippen LogP contribution in [0, 0.1) is 0 Å². The van der Waals surface area contributed by atoms with Crippen molar-refractivity contribution in [1.29, 1.82) is 0 Å². The molecule has 1 aromatic heterocycles. The highest BCUT2D eigenvalue weighted by Gasteiger charge is 1.99. The summed E-state index contributed by atoms with van der Waals surface area (Å²) >= 11 is 0. The molecule has 1 amide bonds. The molecule has 0 aliphatic heterocycles. The molecule has 0 saturated heterocycles. The molecule has 0 spiro atoms. The van der Waals surface area contributed by atoms with Crippen molar-refractivity contribution in [3.05, 3.63) is 77.6 Å². The molecule has 0 bridgehead atoms. The zero-order chi connectivity index (χ0) is 15.8. The van der Waals surface area contributed by atoms with Gasteiger partial charge in [0, 0.05) is 24.0 Å². The second-order valence-corrected chi connectivity index (χ2v) is 4.41. The van der Waals surface area contributed by atoms with E-state index in [1.165, 1.54) is 17.6 Å². The monoisotopic (exact) mass is 294 g/mol. The van der Waals surface area contributed by atoms with Gasteiger partial charge in [-0.05, 0) is 35.4 Å². The smallest absolute Gasteiger partial charge is 0.267 e. The van der Waals surface area contributed by atoms with Crippen molar-refractivity contribution >= 4 is 23.8 Å². The van der Waals surface area contributed by atoms with E-state index in [4.69, 9.17) is 5.21 Å². The van der Waals surface area contributed by atoms with Gasteiger partial charge in [0.05, 0.1) is 0 Å². The van der Waals surface area contributed by atoms with Crippen LogP contribution in [-0.2, 0) is 4.79 Å². The van der Waals surface area contributed by atoms with Gasteiger partial charge in [0.2, 0.25) is 0 Å². The number of nitrogens with one attached hydrogen (secondary N) is 1. The van der Waals surface area contributed by atoms with Gasteiger partial charge in [-0.15, -0.1) is 0 Å². The Bertz CT molecular complexity index is 704. The van der Waals surface area contributed by atoms with Crippen molar-refractivity contribution in [2.24, 2.45) is 0 Å². The number of rotatable bonds is 5. The number of carbonyl (C=O) groups is 2. The minimum atomic E-state index is -0.591. The lowest BCUT2D eigenvalue weighted by Gasteiger charge is -1.97. The first-order chi connectivity index (χ1) is 10.7. The summed E-state index contributed by atoms with van der Waals surface area (Å²) in [6.07, 6.45) is 9.16. The van der Waals surface area contributed by atoms with Gasteiger partial charge in [0.15, 0.2) is 5.78 Å². The lowest BCUT2D eigenvalue weighted by Crippen LogP contribution is -2.14. The number of carbonyl (C=O) groups excluding carboxylic acids is 2. The molecule has 2 N–H and O–H groups in total. The van der Waals surface area contributed by atoms with Gasteiger partial charge < -0.3 is 0 Å². The van der Waals surface area contributed by atoms with Crippen LogP contribution in [0.5, 0.6) is 0 Å². The zero-order valence-electron chi connectivity index (χ0n) is 11.6. The molecule has 0 unspecified atom stereocenters. The van der Waals surface area contributed by atoms with E-state index in [-0.39, 0.29) is 5.78 Å². The van der Waals surface area contributed by atoms with Crippen LogP contribution in [0.15, 0.2) is 60.9 Å². The molecule has 0 saturated carbocycles. The van der Waals surface area contributed by atoms with E-state index < -0.39 is 5.91 Å². The maximum absolute atomic E-state index is 11.9. The van der Waals surface area contributed by atoms with Crippen molar-refractivity contribution in [2.45, 2.75) is 0 Å². The Morgan fingerprint density at radius 1 is 0.909 bits per heavy atom. The molecule has 0 radical (unpaired) electrons. The first-order valence-corrected chi connectivity index (χ1v) is 6.54. The lowest BCUT2D eigenvalue weighted by molar-refractivity contribution is -0.124. The molecule has 22 heavy (non-hydrogen) atoms. The molecule has 110 valence electrons. The second kappa shape index (κ2) is 7.66. The SMILES string of the molecule is O=C(C=Cc1ccc(C=CC(=O)c2ccncc2)cc1)NO. The Balaban J connectivity index is 2.02. The van der Waals surface area contributed by atoms with E-state index >= 15 is 0 Å². The van der Waals surface area contributed by atoms with Crippen molar-refractivity contribution in [1.82, 2.24) is 10.5 Å². The van der Waals surface area contributed by atoms with Gasteiger partial charge >= 0.3 is 0 Å². The number of amides is 1. The van der Waals surface area contributed by atoms with Crippen LogP contribution >= 0.6 is 0 Å². The predicted molar refractivity (Wildman–Crippen MR) is 83.0 cm³/mol. The van der Waals surface area contributed by atoms with Gasteiger partial charge in [0.1, 0.15) is 0 Å². The first kappa shape index (κ1) is 15.3. The fourth-order valence-corrected chi connectivity index (χ4v) is 1.71. The fraction of sp³-hybridized carbons (Fsp3) is 0. The number of pyridine rings is 1. The number of hydrogen-bond donors (Lipinski definition) is 2. The number of ketones is 1. The van der Waals surface area contributed by atoms with Gasteiger partial charge in [-0.2, -0.15) is 0 Å². The third-order valence-electron chi connectivity index (χ3n) is 2.87. The fourth-order valence-electron chi connectivity index (χ4n) is 1.71. The molecule has 0 aliphatic rings. The van der Waals surface area contributed by atoms with Crippen molar-refractivity contribution in [3.8, 4) is 0 Å². The summed E-state index contributed by atoms with van der Waals surface area (Å²) in [7, 11) is 0. The number of allylic oxidation sites excluding steroid dienone is 1. The standard InChI is InChI=1S/C17H14N2O3/c20-16(15-9-11-18-12-10-15)7-5-13-1-3-14(4-2-13)6-8-17(21)19-22/h1-12,22H,(H,19,21). The highest BCUT2D eigenvalue weighted by atomic mass is 16.5. The third-order valence-corrected chi connectivity index (χ3v) is 2.87. The summed E-state index contributed by atoms with van der Waals surface area (Å²) in [5, 5.41) is 8.38. The summed E-state index contributed by atoms with van der Waals surface area (Å²) in [4.78, 5) is 26.6. The van der Waals surface area contributed by atoms with Crippen LogP contribution < -0.4 is 5.48 Å². The van der Waals surface area contributed by atoms with Gasteiger partial charge in [-0.1, -0.05) is 30.3 Å². The second-order valence-electron chi connectivity index (χ2n) is 4.41. The van der Waals surface area contributed by atoms with Gasteiger partial charge in [-0.3, -0.25) is 19.8 Å². The number of hydroxylamine groups is 1. The number of benzene rings is 1. The maximum atomic E-state index is 11.9. The average molecular weight is 294 g/mol. The minimum Gasteiger partial charge on any atom is -0.289 e. The molecular weight excluding hydrogens is 280 g/mol. The van der Waals surface area contributed by atoms with Crippen LogP contribution in [0.25, 0.3) is 12.2 Å². The van der Waals surface area contributed by atoms with Crippen LogP contribution in [-0.4, -0.2) is 21.9 Å². The normalized spacial score (nSPS) is 11.0. The van der Waals surface area contributed by atoms with Crippen molar-refractivity contribution in [2.75, 3.05) is 0 Å². The summed E-state index contributed by atoms with van der Waals surface area (Å²) < 4.78 is 0. The van der Waals surface area contributed by atoms with Crippen LogP contribution in [0.3, 0.4) is 0 Å². The first-order valence-electron chi connectivity index (χ1n) is 6.54. The predicted octanol–water partition coefficient (Wildman–Crippen LogP) is 2.50. The molecule has 1 heterocycles. The topological polar surface area (TPSA) is 79.3 Å². The zero-order valence-corrected chi connectivity index (χ0v) is 11.6. The third kappa shape index (κ3) is 4.50. The number of aromatic nitrogens is 1. The summed E-state index contributed by atoms with van der Waals surface area (Å²) in [6.45, 7) is 0. The quantitative estimate of drug-likeness (QED) is 0.384. The van der Waals surface area contributed by atoms with Crippen molar-refractivity contribution in [3.63, 3.8) is 0 Å². The number of nitrogens with zero attached hydrogens (tertiary/aromatic N) is 1. The molecular formula is C17H14N2O3. The van der Waals surface area contributed by atoms with Gasteiger partial charge in [0.25, 0.3) is 5.91 Å². The molecule has 0 fully saturated rings. The van der Waals surface area contributed by atoms with E-state index in [0.717, 1.165) is 11.1 Å². The Morgan fingerprint density at radius 2 is 1.45 bits per heavy atom. The van der Waals surface area contributed by atoms with Gasteiger partial charge in [-0.25, -0.2) is 5.48 Å². The van der Waals surface area contributed by atoms with Crippen LogP contribution in [0.2, 0.25) is 0 Å². The van der Waals surface area contributed by atoms with E-state index in [0.29, 0.717) is 5.56 Å². The van der Waals surface area contributed by atoms with E-state index in [9.17, 15) is 9.59 Å². The molecule has 2 rings (SSSR count). The summed E-state index contributed by atoms with van der Waals surface area (Å²) in [5.41, 5.74) is 3.77. The largest absolute Gasteiger partial charge is 0.289 e. The molecule has 5 nitrogen and oxygen atoms in total. The van der Waals surface area contributed by atoms with E-state index in [2.05, 4.69) is 4.98 Å². The van der Waals surface area contributed by atoms with E-state index in [1.807, 2.05) is 12.1 Å². The lowest BCUT2D eigenvalue weighted by atomic mass is 10.1. The number of hydrogen-bond acceptors (Lipinski definition) is 4. The Kier molecular flexibility index (Phi) is 5.34. The Morgan fingerprint density at radius 3 is 2.00 bits per heavy atom. The molecule has 2 aromatic rings. The minimum absolute atomic E-state index is 0.0917. The molecule has 0 atom stereocenters. The molecule has 1 aromatic carbocycles. The highest BCUT2D eigenvalue weighted by molar-refractivity contribution is 6.06. The highest BCUT2D eigenvalue weighted by Crippen LogP contribution is 2.09. The summed E-state index contributed by atoms with van der Waals surface area (Å²) in [6, 6.07) is 10.6. The molecule has 0 aliphatic carbocycles. The Labute approximate surface area is 127 Å². The van der Waals surface area contributed by atoms with Crippen molar-refractivity contribution < 1.29 is 14.8 Å². The Hall–Kier alpha value is -3.05. The van der Waals surface area contributed by atoms with E-state index in [1.54, 1.807) is 48.8 Å². The van der Waals surface area contributed by atoms with Crippen LogP contribution in [0.1, 0.15) is 21.5 Å². The summed E-state index contributed by atoms with van der Waals surface area (Å²) in [5.74, 6) is -0.682. The van der Waals surface area contributed by atoms with Crippen LogP contribution in [0.4, 0.5) is 0 Å². The maximum Gasteiger partial charge on any atom is 0.267 e.